The van der Waals surface area contributed by atoms with Crippen molar-refractivity contribution in [2.75, 3.05) is 0 Å². The number of rotatable bonds is 2. The molecular formula is CH2F2O2S. The monoisotopic (exact) mass is 116 g/mol. The summed E-state index contributed by atoms with van der Waals surface area (Å²) in [5.74, 6) is 0. The van der Waals surface area contributed by atoms with Crippen molar-refractivity contribution in [1.82, 2.24) is 0 Å². The van der Waals surface area contributed by atoms with E-state index in [1.807, 2.05) is 0 Å². The second kappa shape index (κ2) is 3.17. The van der Waals surface area contributed by atoms with Crippen LogP contribution in [0.2, 0.25) is 0 Å². The van der Waals surface area contributed by atoms with E-state index >= 15 is 0 Å². The minimum Gasteiger partial charge on any atom is -0.233 e. The van der Waals surface area contributed by atoms with Crippen molar-refractivity contribution >= 4 is 11.9 Å². The maximum atomic E-state index is 10.6. The van der Waals surface area contributed by atoms with E-state index in [0.29, 0.717) is 0 Å². The summed E-state index contributed by atoms with van der Waals surface area (Å²) in [5, 5.41) is 0. The molecule has 0 atom stereocenters. The third-order valence-corrected chi connectivity index (χ3v) is 0.368. The molecule has 38 valence electrons. The van der Waals surface area contributed by atoms with Gasteiger partial charge in [-0.3, -0.25) is 0 Å². The van der Waals surface area contributed by atoms with E-state index < -0.39 is 18.6 Å². The van der Waals surface area contributed by atoms with Crippen LogP contribution in [0.3, 0.4) is 0 Å². The first-order valence-corrected chi connectivity index (χ1v) is 1.77. The predicted octanol–water partition coefficient (Wildman–Crippen LogP) is 0.0859. The number of thiol groups is 1. The largest absolute Gasteiger partial charge is 0.357 e. The zero-order valence-electron chi connectivity index (χ0n) is 2.60. The fourth-order valence-electron chi connectivity index (χ4n) is 0.0325. The van der Waals surface area contributed by atoms with Gasteiger partial charge < -0.3 is 0 Å². The lowest BCUT2D eigenvalue weighted by molar-refractivity contribution is -0.0368. The fourth-order valence-corrected chi connectivity index (χ4v) is 0.0976. The van der Waals surface area contributed by atoms with Gasteiger partial charge in [0.1, 0.15) is 11.9 Å². The van der Waals surface area contributed by atoms with E-state index in [-0.39, 0.29) is 0 Å². The average Bonchev–Trinajstić information content (AvgIpc) is 1.35. The SMILES string of the molecule is O=[SH]OC(F)F. The predicted molar refractivity (Wildman–Crippen MR) is 16.6 cm³/mol. The second-order valence-electron chi connectivity index (χ2n) is 0.441. The van der Waals surface area contributed by atoms with Crippen LogP contribution in [0.25, 0.3) is 0 Å². The molecule has 0 unspecified atom stereocenters. The van der Waals surface area contributed by atoms with E-state index in [2.05, 4.69) is 4.18 Å². The van der Waals surface area contributed by atoms with E-state index in [1.165, 1.54) is 0 Å². The molecule has 0 aliphatic rings. The van der Waals surface area contributed by atoms with Gasteiger partial charge in [-0.15, -0.1) is 0 Å². The first kappa shape index (κ1) is 5.97. The maximum absolute atomic E-state index is 10.6. The molecule has 5 heteroatoms. The molecule has 0 N–H and O–H groups in total. The molecule has 0 radical (unpaired) electrons. The Morgan fingerprint density at radius 1 is 1.67 bits per heavy atom. The summed E-state index contributed by atoms with van der Waals surface area (Å²) in [6.45, 7) is -2.93. The van der Waals surface area contributed by atoms with Gasteiger partial charge in [-0.25, -0.2) is 8.39 Å². The lowest BCUT2D eigenvalue weighted by Crippen LogP contribution is -1.90. The van der Waals surface area contributed by atoms with Crippen LogP contribution in [0.4, 0.5) is 8.78 Å². The molecule has 0 aromatic carbocycles. The van der Waals surface area contributed by atoms with Crippen LogP contribution in [0.1, 0.15) is 0 Å². The number of alkyl halides is 2. The second-order valence-corrected chi connectivity index (χ2v) is 0.800. The molecule has 6 heavy (non-hydrogen) atoms. The molecule has 0 aliphatic heterocycles. The Balaban J connectivity index is 2.81. The molecule has 0 fully saturated rings. The van der Waals surface area contributed by atoms with Crippen molar-refractivity contribution in [3.63, 3.8) is 0 Å². The number of hydrogen-bond donors (Lipinski definition) is 1. The Hall–Kier alpha value is -0.0300. The summed E-state index contributed by atoms with van der Waals surface area (Å²) in [4.78, 5) is 0. The van der Waals surface area contributed by atoms with Gasteiger partial charge in [-0.2, -0.15) is 8.78 Å². The molecule has 2 nitrogen and oxygen atoms in total. The highest BCUT2D eigenvalue weighted by molar-refractivity contribution is 7.60. The highest BCUT2D eigenvalue weighted by atomic mass is 32.2. The van der Waals surface area contributed by atoms with Crippen LogP contribution >= 0.6 is 0 Å². The highest BCUT2D eigenvalue weighted by Gasteiger charge is 1.95. The van der Waals surface area contributed by atoms with Gasteiger partial charge in [0.2, 0.25) is 0 Å². The third kappa shape index (κ3) is 3.97. The summed E-state index contributed by atoms with van der Waals surface area (Å²) >= 11 is -0.976. The van der Waals surface area contributed by atoms with Crippen LogP contribution in [0, 0.1) is 0 Å². The number of hydrogen-bond acceptors (Lipinski definition) is 2. The summed E-state index contributed by atoms with van der Waals surface area (Å²) in [7, 11) is 0. The molecule has 0 saturated carbocycles. The van der Waals surface area contributed by atoms with Crippen LogP contribution in [0.15, 0.2) is 0 Å². The smallest absolute Gasteiger partial charge is 0.233 e. The summed E-state index contributed by atoms with van der Waals surface area (Å²) in [6, 6.07) is 0. The van der Waals surface area contributed by atoms with Crippen molar-refractivity contribution in [2.24, 2.45) is 0 Å². The van der Waals surface area contributed by atoms with E-state index in [0.717, 1.165) is 0 Å². The van der Waals surface area contributed by atoms with Gasteiger partial charge in [0.05, 0.1) is 0 Å². The fraction of sp³-hybridized carbons (Fsp3) is 1.00. The Bertz CT molecular complexity index is 46.8. The van der Waals surface area contributed by atoms with E-state index in [1.54, 1.807) is 0 Å². The summed E-state index contributed by atoms with van der Waals surface area (Å²) in [6.07, 6.45) is 0. The maximum Gasteiger partial charge on any atom is 0.357 e. The van der Waals surface area contributed by atoms with Crippen LogP contribution in [-0.4, -0.2) is 10.8 Å². The standard InChI is InChI=1S/CH2F2O2S/c2-1(3)5-6-4/h1,6H. The molecule has 0 rings (SSSR count). The van der Waals surface area contributed by atoms with Crippen molar-refractivity contribution in [3.05, 3.63) is 0 Å². The lowest BCUT2D eigenvalue weighted by atomic mass is 11.5. The third-order valence-electron chi connectivity index (χ3n) is 0.123. The minimum atomic E-state index is -2.93. The minimum absolute atomic E-state index is 0.976. The molecule has 0 saturated heterocycles. The van der Waals surface area contributed by atoms with Crippen molar-refractivity contribution in [2.45, 2.75) is 6.61 Å². The van der Waals surface area contributed by atoms with Gasteiger partial charge >= 0.3 is 6.61 Å². The Kier molecular flexibility index (Phi) is 3.16. The first-order chi connectivity index (χ1) is 2.77. The molecule has 0 aromatic heterocycles. The van der Waals surface area contributed by atoms with Gasteiger partial charge in [0.25, 0.3) is 0 Å². The van der Waals surface area contributed by atoms with Crippen molar-refractivity contribution < 1.29 is 17.2 Å². The van der Waals surface area contributed by atoms with Crippen LogP contribution in [0.5, 0.6) is 0 Å². The van der Waals surface area contributed by atoms with Gasteiger partial charge in [-0.05, 0) is 0 Å². The zero-order chi connectivity index (χ0) is 4.99. The summed E-state index contributed by atoms with van der Waals surface area (Å²) in [5.41, 5.74) is 0. The van der Waals surface area contributed by atoms with Gasteiger partial charge in [0, 0.05) is 0 Å². The quantitative estimate of drug-likeness (QED) is 0.517. The molecule has 0 spiro atoms. The number of halogens is 2. The van der Waals surface area contributed by atoms with Crippen molar-refractivity contribution in [1.29, 1.82) is 0 Å². The van der Waals surface area contributed by atoms with E-state index in [4.69, 9.17) is 4.21 Å². The van der Waals surface area contributed by atoms with E-state index in [9.17, 15) is 8.78 Å². The van der Waals surface area contributed by atoms with Crippen LogP contribution in [-0.2, 0) is 16.1 Å². The average molecular weight is 116 g/mol. The molecule has 0 heterocycles. The van der Waals surface area contributed by atoms with Gasteiger partial charge in [-0.1, -0.05) is 0 Å². The lowest BCUT2D eigenvalue weighted by Gasteiger charge is -1.84. The molecule has 0 aliphatic carbocycles. The van der Waals surface area contributed by atoms with Crippen LogP contribution < -0.4 is 0 Å². The summed E-state index contributed by atoms with van der Waals surface area (Å²) < 4.78 is 33.3. The molecule has 0 amide bonds. The Morgan fingerprint density at radius 3 is 2.17 bits per heavy atom. The van der Waals surface area contributed by atoms with Gasteiger partial charge in [0.15, 0.2) is 0 Å². The van der Waals surface area contributed by atoms with Crippen molar-refractivity contribution in [3.8, 4) is 0 Å². The zero-order valence-corrected chi connectivity index (χ0v) is 3.49. The topological polar surface area (TPSA) is 26.3 Å². The molecule has 0 bridgehead atoms. The molecular weight excluding hydrogens is 114 g/mol. The highest BCUT2D eigenvalue weighted by Crippen LogP contribution is 1.89. The Morgan fingerprint density at radius 2 is 2.17 bits per heavy atom. The first-order valence-electron chi connectivity index (χ1n) is 1.04. The Labute approximate surface area is 36.8 Å². The normalized spacial score (nSPS) is 9.83. The molecule has 0 aromatic rings.